The summed E-state index contributed by atoms with van der Waals surface area (Å²) in [5.74, 6) is 0.380. The minimum absolute atomic E-state index is 0.0784. The summed E-state index contributed by atoms with van der Waals surface area (Å²) >= 11 is 0. The predicted molar refractivity (Wildman–Crippen MR) is 43.2 cm³/mol. The molecule has 0 atom stereocenters. The summed E-state index contributed by atoms with van der Waals surface area (Å²) in [5.41, 5.74) is 6.35. The molecule has 6 heteroatoms. The number of hydrogen-bond donors (Lipinski definition) is 2. The number of nitrogen functional groups attached to an aromatic ring is 1. The van der Waals surface area contributed by atoms with Gasteiger partial charge in [0.2, 0.25) is 0 Å². The minimum atomic E-state index is 0.0784. The third-order valence-electron chi connectivity index (χ3n) is 1.49. The highest BCUT2D eigenvalue weighted by Crippen LogP contribution is 2.17. The lowest BCUT2D eigenvalue weighted by molar-refractivity contribution is 0.433. The smallest absolute Gasteiger partial charge is 0.261 e. The fourth-order valence-corrected chi connectivity index (χ4v) is 0.934. The van der Waals surface area contributed by atoms with Crippen molar-refractivity contribution in [3.8, 4) is 17.5 Å². The van der Waals surface area contributed by atoms with Gasteiger partial charge in [-0.3, -0.25) is 0 Å². The van der Waals surface area contributed by atoms with Gasteiger partial charge in [0.25, 0.3) is 11.8 Å². The molecular formula is C7H5N5O. The highest BCUT2D eigenvalue weighted by molar-refractivity contribution is 5.55. The Morgan fingerprint density at radius 1 is 1.62 bits per heavy atom. The second-order valence-corrected chi connectivity index (χ2v) is 2.37. The minimum Gasteiger partial charge on any atom is -0.365 e. The maximum absolute atomic E-state index is 8.53. The topological polar surface area (TPSA) is 105 Å². The van der Waals surface area contributed by atoms with Gasteiger partial charge in [-0.25, -0.2) is 0 Å². The van der Waals surface area contributed by atoms with Crippen LogP contribution in [0, 0.1) is 11.3 Å². The number of aromatic amines is 1. The average molecular weight is 175 g/mol. The van der Waals surface area contributed by atoms with Gasteiger partial charge in [-0.15, -0.1) is 0 Å². The lowest BCUT2D eigenvalue weighted by Gasteiger charge is -1.81. The fraction of sp³-hybridized carbons (Fsp3) is 0. The van der Waals surface area contributed by atoms with E-state index in [1.165, 1.54) is 0 Å². The first-order valence-corrected chi connectivity index (χ1v) is 3.47. The van der Waals surface area contributed by atoms with Gasteiger partial charge in [0.05, 0.1) is 5.56 Å². The monoisotopic (exact) mass is 175 g/mol. The molecule has 6 nitrogen and oxygen atoms in total. The third-order valence-corrected chi connectivity index (χ3v) is 1.49. The molecule has 2 aromatic heterocycles. The molecule has 0 aliphatic carbocycles. The number of hydrogen-bond acceptors (Lipinski definition) is 5. The molecular weight excluding hydrogens is 170 g/mol. The highest BCUT2D eigenvalue weighted by Gasteiger charge is 2.08. The van der Waals surface area contributed by atoms with Gasteiger partial charge >= 0.3 is 0 Å². The van der Waals surface area contributed by atoms with Crippen molar-refractivity contribution in [3.63, 3.8) is 0 Å². The Balaban J connectivity index is 2.42. The van der Waals surface area contributed by atoms with Crippen LogP contribution in [0.5, 0.6) is 0 Å². The average Bonchev–Trinajstić information content (AvgIpc) is 2.71. The van der Waals surface area contributed by atoms with Gasteiger partial charge in [-0.1, -0.05) is 0 Å². The molecule has 0 unspecified atom stereocenters. The van der Waals surface area contributed by atoms with Gasteiger partial charge in [0.1, 0.15) is 11.8 Å². The van der Waals surface area contributed by atoms with E-state index in [0.29, 0.717) is 17.1 Å². The quantitative estimate of drug-likeness (QED) is 0.657. The summed E-state index contributed by atoms with van der Waals surface area (Å²) < 4.78 is 4.79. The zero-order valence-electron chi connectivity index (χ0n) is 6.48. The van der Waals surface area contributed by atoms with Crippen molar-refractivity contribution in [1.29, 1.82) is 5.26 Å². The number of nitrogens with two attached hydrogens (primary N) is 1. The van der Waals surface area contributed by atoms with Crippen LogP contribution in [0.15, 0.2) is 16.8 Å². The SMILES string of the molecule is N#Cc1cc(-c2nc(N)no2)c[nH]1. The molecule has 0 bridgehead atoms. The number of aromatic nitrogens is 3. The van der Waals surface area contributed by atoms with Crippen LogP contribution < -0.4 is 5.73 Å². The van der Waals surface area contributed by atoms with Crippen molar-refractivity contribution in [2.75, 3.05) is 5.73 Å². The van der Waals surface area contributed by atoms with Crippen molar-refractivity contribution < 1.29 is 4.52 Å². The summed E-state index contributed by atoms with van der Waals surface area (Å²) in [6.45, 7) is 0. The van der Waals surface area contributed by atoms with Crippen molar-refractivity contribution in [1.82, 2.24) is 15.1 Å². The van der Waals surface area contributed by atoms with Crippen molar-refractivity contribution >= 4 is 5.95 Å². The van der Waals surface area contributed by atoms with Crippen molar-refractivity contribution in [3.05, 3.63) is 18.0 Å². The molecule has 0 aromatic carbocycles. The fourth-order valence-electron chi connectivity index (χ4n) is 0.934. The number of H-pyrrole nitrogens is 1. The maximum atomic E-state index is 8.53. The molecule has 0 fully saturated rings. The first-order valence-electron chi connectivity index (χ1n) is 3.47. The Morgan fingerprint density at radius 2 is 2.46 bits per heavy atom. The number of nitrogens with zero attached hydrogens (tertiary/aromatic N) is 3. The second-order valence-electron chi connectivity index (χ2n) is 2.37. The Bertz CT molecular complexity index is 463. The van der Waals surface area contributed by atoms with Crippen molar-refractivity contribution in [2.24, 2.45) is 0 Å². The molecule has 13 heavy (non-hydrogen) atoms. The Kier molecular flexibility index (Phi) is 1.49. The summed E-state index contributed by atoms with van der Waals surface area (Å²) in [5, 5.41) is 12.0. The van der Waals surface area contributed by atoms with E-state index in [2.05, 4.69) is 15.1 Å². The first kappa shape index (κ1) is 7.36. The Hall–Kier alpha value is -2.29. The third kappa shape index (κ3) is 1.22. The van der Waals surface area contributed by atoms with Gasteiger partial charge < -0.3 is 15.2 Å². The molecule has 0 aliphatic rings. The highest BCUT2D eigenvalue weighted by atomic mass is 16.5. The molecule has 2 aromatic rings. The van der Waals surface area contributed by atoms with E-state index in [0.717, 1.165) is 0 Å². The van der Waals surface area contributed by atoms with E-state index < -0.39 is 0 Å². The molecule has 0 amide bonds. The Morgan fingerprint density at radius 3 is 3.00 bits per heavy atom. The molecule has 3 N–H and O–H groups in total. The molecule has 0 saturated carbocycles. The molecule has 0 radical (unpaired) electrons. The van der Waals surface area contributed by atoms with Gasteiger partial charge in [0.15, 0.2) is 0 Å². The van der Waals surface area contributed by atoms with Crippen LogP contribution in [-0.4, -0.2) is 15.1 Å². The Labute approximate surface area is 73.0 Å². The van der Waals surface area contributed by atoms with Crippen LogP contribution in [0.25, 0.3) is 11.5 Å². The van der Waals surface area contributed by atoms with E-state index in [1.807, 2.05) is 6.07 Å². The summed E-state index contributed by atoms with van der Waals surface area (Å²) in [7, 11) is 0. The number of nitrogens with one attached hydrogen (secondary N) is 1. The van der Waals surface area contributed by atoms with Gasteiger partial charge in [-0.2, -0.15) is 10.2 Å². The normalized spacial score (nSPS) is 9.77. The number of anilines is 1. The van der Waals surface area contributed by atoms with E-state index in [-0.39, 0.29) is 5.95 Å². The van der Waals surface area contributed by atoms with Crippen LogP contribution >= 0.6 is 0 Å². The number of rotatable bonds is 1. The zero-order chi connectivity index (χ0) is 9.26. The number of nitriles is 1. The molecule has 2 heterocycles. The standard InChI is InChI=1S/C7H5N5O/c8-2-5-1-4(3-10-5)6-11-7(9)12-13-6/h1,3,10H,(H2,9,12). The first-order chi connectivity index (χ1) is 6.29. The molecule has 2 rings (SSSR count). The van der Waals surface area contributed by atoms with E-state index in [9.17, 15) is 0 Å². The van der Waals surface area contributed by atoms with Gasteiger partial charge in [0, 0.05) is 6.20 Å². The maximum Gasteiger partial charge on any atom is 0.261 e. The van der Waals surface area contributed by atoms with Crippen LogP contribution in [0.2, 0.25) is 0 Å². The molecule has 64 valence electrons. The largest absolute Gasteiger partial charge is 0.365 e. The summed E-state index contributed by atoms with van der Waals surface area (Å²) in [4.78, 5) is 6.53. The lowest BCUT2D eigenvalue weighted by Crippen LogP contribution is -1.84. The second kappa shape index (κ2) is 2.64. The van der Waals surface area contributed by atoms with Crippen LogP contribution in [0.1, 0.15) is 5.69 Å². The van der Waals surface area contributed by atoms with E-state index in [1.54, 1.807) is 12.3 Å². The summed E-state index contributed by atoms with van der Waals surface area (Å²) in [6.07, 6.45) is 1.60. The van der Waals surface area contributed by atoms with E-state index in [4.69, 9.17) is 15.5 Å². The zero-order valence-corrected chi connectivity index (χ0v) is 6.48. The van der Waals surface area contributed by atoms with E-state index >= 15 is 0 Å². The van der Waals surface area contributed by atoms with Crippen LogP contribution in [0.3, 0.4) is 0 Å². The van der Waals surface area contributed by atoms with Gasteiger partial charge in [-0.05, 0) is 11.2 Å². The van der Waals surface area contributed by atoms with Crippen molar-refractivity contribution in [2.45, 2.75) is 0 Å². The van der Waals surface area contributed by atoms with Crippen LogP contribution in [0.4, 0.5) is 5.95 Å². The molecule has 0 aliphatic heterocycles. The summed E-state index contributed by atoms with van der Waals surface area (Å²) in [6, 6.07) is 3.55. The predicted octanol–water partition coefficient (Wildman–Crippen LogP) is 0.519. The van der Waals surface area contributed by atoms with Crippen LogP contribution in [-0.2, 0) is 0 Å². The molecule has 0 saturated heterocycles. The molecule has 0 spiro atoms. The lowest BCUT2D eigenvalue weighted by atomic mass is 10.3.